The van der Waals surface area contributed by atoms with Crippen LogP contribution in [-0.4, -0.2) is 34.3 Å². The van der Waals surface area contributed by atoms with E-state index in [4.69, 9.17) is 5.11 Å². The normalized spacial score (nSPS) is 29.4. The van der Waals surface area contributed by atoms with Crippen LogP contribution >= 0.6 is 0 Å². The average Bonchev–Trinajstić information content (AvgIpc) is 3.35. The number of hydrogen-bond donors (Lipinski definition) is 2. The summed E-state index contributed by atoms with van der Waals surface area (Å²) >= 11 is 0. The minimum absolute atomic E-state index is 0.0133. The van der Waals surface area contributed by atoms with Crippen molar-refractivity contribution in [1.82, 2.24) is 4.98 Å². The van der Waals surface area contributed by atoms with E-state index in [2.05, 4.69) is 47.2 Å². The number of fused-ring (bicyclic) bond motifs is 5. The molecule has 41 heavy (non-hydrogen) atoms. The molecule has 4 aliphatic rings. The number of rotatable bonds is 3. The topological polar surface area (TPSA) is 78.1 Å². The Morgan fingerprint density at radius 3 is 2.44 bits per heavy atom. The van der Waals surface area contributed by atoms with Crippen LogP contribution in [0.15, 0.2) is 81.9 Å². The number of aromatic nitrogens is 1. The lowest BCUT2D eigenvalue weighted by Crippen LogP contribution is -2.47. The minimum Gasteiger partial charge on any atom is -0.411 e. The highest BCUT2D eigenvalue weighted by Crippen LogP contribution is 2.65. The Bertz CT molecular complexity index is 1240. The SMILES string of the molecule is CC.CC12CCC3C(CCC4=C/C(=N/O)CCC43C)C1=CC=C2c1cncc(F)c1.CC=N/C=C(C)/C=C/C.CO. The van der Waals surface area contributed by atoms with E-state index in [1.165, 1.54) is 34.9 Å². The first kappa shape index (κ1) is 34.1. The highest BCUT2D eigenvalue weighted by molar-refractivity contribution is 5.96. The molecule has 2 saturated carbocycles. The van der Waals surface area contributed by atoms with E-state index in [0.717, 1.165) is 50.5 Å². The molecule has 5 rings (SSSR count). The molecule has 1 aromatic rings. The summed E-state index contributed by atoms with van der Waals surface area (Å²) in [7, 11) is 1.00. The van der Waals surface area contributed by atoms with Crippen LogP contribution < -0.4 is 0 Å². The Hall–Kier alpha value is -3.12. The molecule has 2 fully saturated rings. The smallest absolute Gasteiger partial charge is 0.142 e. The van der Waals surface area contributed by atoms with E-state index in [0.29, 0.717) is 11.8 Å². The van der Waals surface area contributed by atoms with Gasteiger partial charge in [0.05, 0.1) is 11.9 Å². The molecule has 0 aromatic carbocycles. The number of pyridine rings is 1. The number of allylic oxidation sites excluding steroid dienone is 9. The molecule has 6 heteroatoms. The molecule has 2 N–H and O–H groups in total. The van der Waals surface area contributed by atoms with Gasteiger partial charge < -0.3 is 10.3 Å². The van der Waals surface area contributed by atoms with Crippen molar-refractivity contribution >= 4 is 17.5 Å². The molecule has 0 aliphatic heterocycles. The molecule has 0 spiro atoms. The highest BCUT2D eigenvalue weighted by Gasteiger charge is 2.54. The third kappa shape index (κ3) is 7.40. The Balaban J connectivity index is 0.000000387. The van der Waals surface area contributed by atoms with Gasteiger partial charge in [-0.15, -0.1) is 0 Å². The lowest BCUT2D eigenvalue weighted by Gasteiger charge is -2.56. The van der Waals surface area contributed by atoms with E-state index >= 15 is 0 Å². The van der Waals surface area contributed by atoms with Crippen LogP contribution in [-0.2, 0) is 0 Å². The first-order valence-electron chi connectivity index (χ1n) is 14.9. The summed E-state index contributed by atoms with van der Waals surface area (Å²) in [5.74, 6) is 0.932. The largest absolute Gasteiger partial charge is 0.411 e. The molecule has 4 aliphatic carbocycles. The number of aliphatic hydroxyl groups excluding tert-OH is 1. The molecule has 0 radical (unpaired) electrons. The van der Waals surface area contributed by atoms with Crippen molar-refractivity contribution in [2.24, 2.45) is 32.8 Å². The standard InChI is InChI=1S/C24H27FN2O.C8H13N.C2H6.CH4O/c1-23-9-7-18(27-28)12-16(23)3-4-19-21-6-5-20(15-11-17(25)14-26-13-15)24(21,2)10-8-22(19)23;1-4-6-8(3)7-9-5-2;2*1-2/h5-6,11-14,19,22,28H,3-4,7-10H2,1-2H3;4-7H,1-3H3;1-2H3;2H,1H3/b27-18+;6-4+,8-7+,9-5?;;. The minimum atomic E-state index is -0.271. The lowest BCUT2D eigenvalue weighted by atomic mass is 9.48. The summed E-state index contributed by atoms with van der Waals surface area (Å²) in [5, 5.41) is 19.7. The van der Waals surface area contributed by atoms with Gasteiger partial charge in [-0.25, -0.2) is 4.39 Å². The fourth-order valence-corrected chi connectivity index (χ4v) is 7.12. The fraction of sp³-hybridized carbons (Fsp3) is 0.514. The summed E-state index contributed by atoms with van der Waals surface area (Å²) < 4.78 is 13.8. The van der Waals surface area contributed by atoms with Gasteiger partial charge in [-0.3, -0.25) is 9.98 Å². The lowest BCUT2D eigenvalue weighted by molar-refractivity contribution is 0.0716. The Morgan fingerprint density at radius 1 is 1.07 bits per heavy atom. The van der Waals surface area contributed by atoms with Gasteiger partial charge in [0.25, 0.3) is 0 Å². The third-order valence-electron chi connectivity index (χ3n) is 9.02. The molecular formula is C35H50FN3O2. The van der Waals surface area contributed by atoms with E-state index in [1.807, 2.05) is 53.0 Å². The van der Waals surface area contributed by atoms with Crippen LogP contribution in [0.1, 0.15) is 92.6 Å². The van der Waals surface area contributed by atoms with Gasteiger partial charge in [-0.1, -0.05) is 68.3 Å². The molecular weight excluding hydrogens is 513 g/mol. The molecule has 0 amide bonds. The van der Waals surface area contributed by atoms with Gasteiger partial charge in [-0.05, 0) is 105 Å². The monoisotopic (exact) mass is 563 g/mol. The van der Waals surface area contributed by atoms with Crippen LogP contribution in [0.4, 0.5) is 4.39 Å². The first-order chi connectivity index (χ1) is 19.8. The number of oxime groups is 1. The second-order valence-corrected chi connectivity index (χ2v) is 11.2. The predicted molar refractivity (Wildman–Crippen MR) is 171 cm³/mol. The molecule has 4 atom stereocenters. The molecule has 0 saturated heterocycles. The van der Waals surface area contributed by atoms with Crippen LogP contribution in [0, 0.1) is 28.5 Å². The maximum absolute atomic E-state index is 13.8. The molecule has 1 heterocycles. The molecule has 1 aromatic heterocycles. The molecule has 4 unspecified atom stereocenters. The van der Waals surface area contributed by atoms with Crippen molar-refractivity contribution in [3.63, 3.8) is 0 Å². The van der Waals surface area contributed by atoms with Gasteiger partial charge in [0.15, 0.2) is 0 Å². The van der Waals surface area contributed by atoms with Gasteiger partial charge in [0.1, 0.15) is 5.82 Å². The van der Waals surface area contributed by atoms with E-state index in [9.17, 15) is 9.60 Å². The predicted octanol–water partition coefficient (Wildman–Crippen LogP) is 9.12. The zero-order chi connectivity index (χ0) is 30.6. The van der Waals surface area contributed by atoms with Gasteiger partial charge in [-0.2, -0.15) is 0 Å². The Kier molecular flexibility index (Phi) is 13.1. The quantitative estimate of drug-likeness (QED) is 0.167. The van der Waals surface area contributed by atoms with Crippen molar-refractivity contribution in [3.05, 3.63) is 83.1 Å². The number of aliphatic imine (C=N–C) groups is 1. The van der Waals surface area contributed by atoms with Crippen LogP contribution in [0.25, 0.3) is 5.57 Å². The van der Waals surface area contributed by atoms with E-state index in [1.54, 1.807) is 18.5 Å². The van der Waals surface area contributed by atoms with Crippen LogP contribution in [0.2, 0.25) is 0 Å². The third-order valence-corrected chi connectivity index (χ3v) is 9.02. The first-order valence-corrected chi connectivity index (χ1v) is 14.9. The van der Waals surface area contributed by atoms with Crippen LogP contribution in [0.5, 0.6) is 0 Å². The zero-order valence-electron chi connectivity index (χ0n) is 26.3. The van der Waals surface area contributed by atoms with E-state index in [-0.39, 0.29) is 16.6 Å². The van der Waals surface area contributed by atoms with Crippen molar-refractivity contribution < 1.29 is 14.7 Å². The van der Waals surface area contributed by atoms with Crippen molar-refractivity contribution in [3.8, 4) is 0 Å². The maximum atomic E-state index is 13.8. The fourth-order valence-electron chi connectivity index (χ4n) is 7.12. The number of nitrogens with zero attached hydrogens (tertiary/aromatic N) is 3. The Labute approximate surface area is 247 Å². The average molecular weight is 564 g/mol. The summed E-state index contributed by atoms with van der Waals surface area (Å²) in [6.45, 7) is 14.7. The summed E-state index contributed by atoms with van der Waals surface area (Å²) in [6, 6.07) is 1.62. The van der Waals surface area contributed by atoms with Gasteiger partial charge in [0, 0.05) is 31.1 Å². The number of hydrogen-bond acceptors (Lipinski definition) is 5. The maximum Gasteiger partial charge on any atom is 0.142 e. The molecule has 5 nitrogen and oxygen atoms in total. The second kappa shape index (κ2) is 15.8. The summed E-state index contributed by atoms with van der Waals surface area (Å²) in [6.07, 6.45) is 23.8. The van der Waals surface area contributed by atoms with Crippen molar-refractivity contribution in [2.45, 2.75) is 87.0 Å². The zero-order valence-corrected chi connectivity index (χ0v) is 26.3. The molecule has 0 bridgehead atoms. The second-order valence-electron chi connectivity index (χ2n) is 11.2. The van der Waals surface area contributed by atoms with Gasteiger partial charge in [0.2, 0.25) is 0 Å². The van der Waals surface area contributed by atoms with Crippen molar-refractivity contribution in [1.29, 1.82) is 0 Å². The summed E-state index contributed by atoms with van der Waals surface area (Å²) in [5.41, 5.74) is 7.32. The van der Waals surface area contributed by atoms with Crippen molar-refractivity contribution in [2.75, 3.05) is 7.11 Å². The van der Waals surface area contributed by atoms with Gasteiger partial charge >= 0.3 is 0 Å². The van der Waals surface area contributed by atoms with E-state index < -0.39 is 0 Å². The number of aliphatic hydroxyl groups is 1. The molecule has 224 valence electrons. The summed E-state index contributed by atoms with van der Waals surface area (Å²) in [4.78, 5) is 8.03. The Morgan fingerprint density at radius 2 is 1.80 bits per heavy atom. The van der Waals surface area contributed by atoms with Crippen LogP contribution in [0.3, 0.4) is 0 Å². The highest BCUT2D eigenvalue weighted by atomic mass is 19.1. The number of halogens is 1.